The topological polar surface area (TPSA) is 79.3 Å². The summed E-state index contributed by atoms with van der Waals surface area (Å²) in [6.07, 6.45) is 0. The van der Waals surface area contributed by atoms with Gasteiger partial charge in [-0.05, 0) is 48.8 Å². The van der Waals surface area contributed by atoms with Crippen LogP contribution in [0, 0.1) is 0 Å². The zero-order valence-corrected chi connectivity index (χ0v) is 20.7. The third-order valence-electron chi connectivity index (χ3n) is 5.82. The average molecular weight is 493 g/mol. The second kappa shape index (κ2) is 10.8. The maximum Gasteiger partial charge on any atom is 0.290 e. The molecule has 0 fully saturated rings. The van der Waals surface area contributed by atoms with Crippen molar-refractivity contribution in [3.63, 3.8) is 0 Å². The van der Waals surface area contributed by atoms with Gasteiger partial charge in [0.1, 0.15) is 6.61 Å². The van der Waals surface area contributed by atoms with Crippen LogP contribution < -0.4 is 9.47 Å². The molecule has 182 valence electrons. The first kappa shape index (κ1) is 24.5. The number of carbonyl (C=O) groups excluding carboxylic acids is 2. The van der Waals surface area contributed by atoms with E-state index in [1.165, 1.54) is 16.2 Å². The number of carbonyl (C=O) groups is 2. The Morgan fingerprint density at radius 1 is 1.09 bits per heavy atom. The molecule has 4 rings (SSSR count). The molecule has 0 spiro atoms. The number of likely N-dealkylation sites (N-methyl/N-ethyl adjacent to an activating group) is 1. The zero-order valence-electron chi connectivity index (χ0n) is 19.9. The van der Waals surface area contributed by atoms with E-state index in [9.17, 15) is 14.7 Å². The minimum absolute atomic E-state index is 0.0798. The third kappa shape index (κ3) is 5.23. The Morgan fingerprint density at radius 3 is 2.51 bits per heavy atom. The van der Waals surface area contributed by atoms with Crippen LogP contribution >= 0.6 is 11.3 Å². The lowest BCUT2D eigenvalue weighted by molar-refractivity contribution is -0.129. The molecule has 1 amide bonds. The van der Waals surface area contributed by atoms with Crippen molar-refractivity contribution in [2.24, 2.45) is 0 Å². The molecular formula is C27H28N2O5S. The van der Waals surface area contributed by atoms with Crippen LogP contribution in [0.1, 0.15) is 26.8 Å². The van der Waals surface area contributed by atoms with Gasteiger partial charge in [-0.15, -0.1) is 11.3 Å². The fraction of sp³-hybridized carbons (Fsp3) is 0.259. The van der Waals surface area contributed by atoms with Crippen LogP contribution in [0.2, 0.25) is 0 Å². The van der Waals surface area contributed by atoms with E-state index in [-0.39, 0.29) is 11.4 Å². The molecule has 1 atom stereocenters. The van der Waals surface area contributed by atoms with Crippen molar-refractivity contribution >= 4 is 23.0 Å². The van der Waals surface area contributed by atoms with Crippen molar-refractivity contribution in [3.8, 4) is 11.5 Å². The summed E-state index contributed by atoms with van der Waals surface area (Å²) in [7, 11) is 5.36. The Hall–Kier alpha value is -3.62. The van der Waals surface area contributed by atoms with Crippen LogP contribution in [0.25, 0.3) is 0 Å². The smallest absolute Gasteiger partial charge is 0.290 e. The van der Waals surface area contributed by atoms with Gasteiger partial charge >= 0.3 is 0 Å². The fourth-order valence-corrected chi connectivity index (χ4v) is 4.70. The molecule has 0 aliphatic carbocycles. The van der Waals surface area contributed by atoms with Gasteiger partial charge in [0, 0.05) is 13.1 Å². The lowest BCUT2D eigenvalue weighted by Crippen LogP contribution is -2.36. The number of rotatable bonds is 10. The minimum atomic E-state index is -0.742. The predicted molar refractivity (Wildman–Crippen MR) is 135 cm³/mol. The van der Waals surface area contributed by atoms with Gasteiger partial charge in [0.05, 0.1) is 23.6 Å². The van der Waals surface area contributed by atoms with Gasteiger partial charge in [0.15, 0.2) is 17.3 Å². The van der Waals surface area contributed by atoms with E-state index in [0.717, 1.165) is 5.56 Å². The zero-order chi connectivity index (χ0) is 24.9. The lowest BCUT2D eigenvalue weighted by Gasteiger charge is -2.28. The molecule has 7 nitrogen and oxygen atoms in total. The molecule has 8 heteroatoms. The van der Waals surface area contributed by atoms with Gasteiger partial charge in [-0.3, -0.25) is 9.59 Å². The summed E-state index contributed by atoms with van der Waals surface area (Å²) in [5.41, 5.74) is 1.76. The molecule has 1 aromatic heterocycles. The van der Waals surface area contributed by atoms with E-state index in [2.05, 4.69) is 0 Å². The fourth-order valence-electron chi connectivity index (χ4n) is 4.02. The average Bonchev–Trinajstić information content (AvgIpc) is 3.49. The van der Waals surface area contributed by atoms with E-state index < -0.39 is 17.7 Å². The highest BCUT2D eigenvalue weighted by atomic mass is 32.1. The summed E-state index contributed by atoms with van der Waals surface area (Å²) in [5.74, 6) is -0.390. The summed E-state index contributed by atoms with van der Waals surface area (Å²) in [5, 5.41) is 12.6. The Bertz CT molecular complexity index is 1220. The number of aliphatic hydroxyl groups is 1. The number of amides is 1. The lowest BCUT2D eigenvalue weighted by atomic mass is 9.95. The van der Waals surface area contributed by atoms with Crippen molar-refractivity contribution in [3.05, 3.63) is 93.4 Å². The van der Waals surface area contributed by atoms with Crippen LogP contribution in [0.3, 0.4) is 0 Å². The quantitative estimate of drug-likeness (QED) is 0.421. The van der Waals surface area contributed by atoms with E-state index >= 15 is 0 Å². The Balaban J connectivity index is 1.69. The van der Waals surface area contributed by atoms with E-state index in [0.29, 0.717) is 41.6 Å². The van der Waals surface area contributed by atoms with Crippen LogP contribution in [0.5, 0.6) is 11.5 Å². The number of aliphatic hydroxyl groups excluding tert-OH is 1. The normalized spacial score (nSPS) is 15.7. The van der Waals surface area contributed by atoms with Crippen molar-refractivity contribution in [2.75, 3.05) is 34.3 Å². The van der Waals surface area contributed by atoms with Crippen LogP contribution in [0.4, 0.5) is 0 Å². The van der Waals surface area contributed by atoms with Gasteiger partial charge in [-0.25, -0.2) is 0 Å². The summed E-state index contributed by atoms with van der Waals surface area (Å²) in [6.45, 7) is 1.29. The molecule has 0 saturated heterocycles. The van der Waals surface area contributed by atoms with Gasteiger partial charge < -0.3 is 24.4 Å². The predicted octanol–water partition coefficient (Wildman–Crippen LogP) is 4.48. The Morgan fingerprint density at radius 2 is 1.86 bits per heavy atom. The monoisotopic (exact) mass is 492 g/mol. The molecule has 1 aliphatic rings. The molecule has 2 heterocycles. The number of benzene rings is 2. The molecule has 0 unspecified atom stereocenters. The van der Waals surface area contributed by atoms with Crippen molar-refractivity contribution < 1.29 is 24.2 Å². The molecule has 1 N–H and O–H groups in total. The molecule has 3 aromatic rings. The van der Waals surface area contributed by atoms with E-state index in [4.69, 9.17) is 9.47 Å². The highest BCUT2D eigenvalue weighted by Crippen LogP contribution is 2.42. The Kier molecular flexibility index (Phi) is 7.53. The molecule has 35 heavy (non-hydrogen) atoms. The van der Waals surface area contributed by atoms with Gasteiger partial charge in [0.25, 0.3) is 5.91 Å². The molecule has 0 bridgehead atoms. The second-order valence-electron chi connectivity index (χ2n) is 8.46. The van der Waals surface area contributed by atoms with Crippen molar-refractivity contribution in [1.29, 1.82) is 0 Å². The first-order valence-corrected chi connectivity index (χ1v) is 12.1. The number of methoxy groups -OCH3 is 1. The number of nitrogens with zero attached hydrogens (tertiary/aromatic N) is 2. The van der Waals surface area contributed by atoms with Gasteiger partial charge in [-0.2, -0.15) is 0 Å². The SMILES string of the molecule is COc1cc([C@@H]2C(C(=O)c3cccs3)=C(O)C(=O)N2CCN(C)C)ccc1OCc1ccccc1. The first-order chi connectivity index (χ1) is 16.9. The second-order valence-corrected chi connectivity index (χ2v) is 9.41. The number of Topliss-reactive ketones (excluding diaryl/α,β-unsaturated/α-hetero) is 1. The summed E-state index contributed by atoms with van der Waals surface area (Å²) >= 11 is 1.27. The van der Waals surface area contributed by atoms with Gasteiger partial charge in [0.2, 0.25) is 5.78 Å². The molecular weight excluding hydrogens is 464 g/mol. The first-order valence-electron chi connectivity index (χ1n) is 11.2. The van der Waals surface area contributed by atoms with Crippen LogP contribution in [0.15, 0.2) is 77.4 Å². The van der Waals surface area contributed by atoms with E-state index in [1.54, 1.807) is 36.8 Å². The maximum atomic E-state index is 13.4. The highest BCUT2D eigenvalue weighted by Gasteiger charge is 2.44. The summed E-state index contributed by atoms with van der Waals surface area (Å²) in [4.78, 5) is 30.4. The standard InChI is InChI=1S/C27H28N2O5S/c1-28(2)13-14-29-24(23(26(31)27(29)32)25(30)22-10-7-15-35-22)19-11-12-20(21(16-19)33-3)34-17-18-8-5-4-6-9-18/h4-12,15-16,24,31H,13-14,17H2,1-3H3/t24-/m1/s1. The summed E-state index contributed by atoms with van der Waals surface area (Å²) < 4.78 is 11.6. The van der Waals surface area contributed by atoms with Crippen molar-refractivity contribution in [1.82, 2.24) is 9.80 Å². The largest absolute Gasteiger partial charge is 0.503 e. The molecule has 1 aliphatic heterocycles. The van der Waals surface area contributed by atoms with Crippen LogP contribution in [-0.4, -0.2) is 60.9 Å². The summed E-state index contributed by atoms with van der Waals surface area (Å²) in [6, 6.07) is 17.9. The van der Waals surface area contributed by atoms with Crippen LogP contribution in [-0.2, 0) is 11.4 Å². The van der Waals surface area contributed by atoms with Gasteiger partial charge in [-0.1, -0.05) is 42.5 Å². The molecule has 2 aromatic carbocycles. The number of ether oxygens (including phenoxy) is 2. The minimum Gasteiger partial charge on any atom is -0.503 e. The number of hydrogen-bond acceptors (Lipinski definition) is 7. The highest BCUT2D eigenvalue weighted by molar-refractivity contribution is 7.12. The van der Waals surface area contributed by atoms with Crippen molar-refractivity contribution in [2.45, 2.75) is 12.6 Å². The third-order valence-corrected chi connectivity index (χ3v) is 6.69. The number of ketones is 1. The number of thiophene rings is 1. The molecule has 0 saturated carbocycles. The maximum absolute atomic E-state index is 13.4. The molecule has 0 radical (unpaired) electrons. The van der Waals surface area contributed by atoms with E-state index in [1.807, 2.05) is 55.4 Å². The number of hydrogen-bond donors (Lipinski definition) is 1. The Labute approximate surface area is 208 Å².